The maximum atomic E-state index is 12.8. The summed E-state index contributed by atoms with van der Waals surface area (Å²) in [7, 11) is -3.52. The Morgan fingerprint density at radius 3 is 2.48 bits per heavy atom. The molecule has 0 bridgehead atoms. The molecule has 31 heavy (non-hydrogen) atoms. The number of amides is 1. The molecule has 2 fully saturated rings. The fourth-order valence-corrected chi connectivity index (χ4v) is 5.79. The second-order valence-corrected chi connectivity index (χ2v) is 10.7. The van der Waals surface area contributed by atoms with E-state index in [1.54, 1.807) is 24.3 Å². The molecule has 0 aromatic heterocycles. The molecule has 1 heterocycles. The van der Waals surface area contributed by atoms with Crippen LogP contribution < -0.4 is 5.32 Å². The topological polar surface area (TPSA) is 69.7 Å². The first-order chi connectivity index (χ1) is 14.8. The molecule has 8 heteroatoms. The molecule has 1 atom stereocenters. The Hall–Kier alpha value is -1.93. The maximum absolute atomic E-state index is 12.8. The van der Waals surface area contributed by atoms with E-state index in [0.29, 0.717) is 29.8 Å². The maximum Gasteiger partial charge on any atom is 0.243 e. The van der Waals surface area contributed by atoms with Crippen LogP contribution in [0.1, 0.15) is 44.2 Å². The Kier molecular flexibility index (Phi) is 6.67. The molecule has 2 aromatic carbocycles. The number of hydrogen-bond acceptors (Lipinski definition) is 4. The van der Waals surface area contributed by atoms with Crippen molar-refractivity contribution in [2.24, 2.45) is 0 Å². The summed E-state index contributed by atoms with van der Waals surface area (Å²) in [6.45, 7) is 3.45. The molecule has 6 nitrogen and oxygen atoms in total. The lowest BCUT2D eigenvalue weighted by Gasteiger charge is -2.29. The molecule has 2 aromatic rings. The zero-order chi connectivity index (χ0) is 22.0. The van der Waals surface area contributed by atoms with Crippen molar-refractivity contribution < 1.29 is 13.2 Å². The van der Waals surface area contributed by atoms with Gasteiger partial charge >= 0.3 is 0 Å². The Labute approximate surface area is 189 Å². The van der Waals surface area contributed by atoms with E-state index in [2.05, 4.69) is 17.1 Å². The molecule has 0 spiro atoms. The number of rotatable bonds is 8. The lowest BCUT2D eigenvalue weighted by molar-refractivity contribution is -0.118. The van der Waals surface area contributed by atoms with E-state index in [1.807, 2.05) is 24.3 Å². The van der Waals surface area contributed by atoms with Crippen molar-refractivity contribution in [1.29, 1.82) is 0 Å². The summed E-state index contributed by atoms with van der Waals surface area (Å²) in [5.74, 6) is -0.150. The van der Waals surface area contributed by atoms with Gasteiger partial charge in [-0.25, -0.2) is 8.42 Å². The summed E-state index contributed by atoms with van der Waals surface area (Å²) in [5.41, 5.74) is 1.61. The molecule has 1 unspecified atom stereocenters. The minimum absolute atomic E-state index is 0.0809. The van der Waals surface area contributed by atoms with E-state index < -0.39 is 10.0 Å². The molecule has 1 N–H and O–H groups in total. The standard InChI is InChI=1S/C23H28ClN3O3S/c1-17(18-7-9-19(24)10-8-18)27(21-11-12-21)16-23(28)25-20-5-4-6-22(15-20)31(29,30)26-13-2-3-14-26/h4-10,15,17,21H,2-3,11-14,16H2,1H3,(H,25,28). The highest BCUT2D eigenvalue weighted by Crippen LogP contribution is 2.34. The molecule has 1 saturated carbocycles. The van der Waals surface area contributed by atoms with Crippen LogP contribution in [0.15, 0.2) is 53.4 Å². The second kappa shape index (κ2) is 9.28. The molecule has 1 aliphatic heterocycles. The van der Waals surface area contributed by atoms with E-state index in [9.17, 15) is 13.2 Å². The Morgan fingerprint density at radius 1 is 1.16 bits per heavy atom. The van der Waals surface area contributed by atoms with E-state index in [4.69, 9.17) is 11.6 Å². The zero-order valence-corrected chi connectivity index (χ0v) is 19.2. The summed E-state index contributed by atoms with van der Waals surface area (Å²) in [4.78, 5) is 15.2. The molecular formula is C23H28ClN3O3S. The van der Waals surface area contributed by atoms with Crippen LogP contribution in [0, 0.1) is 0 Å². The largest absolute Gasteiger partial charge is 0.325 e. The van der Waals surface area contributed by atoms with Crippen molar-refractivity contribution in [3.05, 3.63) is 59.1 Å². The lowest BCUT2D eigenvalue weighted by Crippen LogP contribution is -2.37. The second-order valence-electron chi connectivity index (χ2n) is 8.32. The molecule has 1 aliphatic carbocycles. The predicted octanol–water partition coefficient (Wildman–Crippen LogP) is 4.29. The van der Waals surface area contributed by atoms with Crippen molar-refractivity contribution in [1.82, 2.24) is 9.21 Å². The lowest BCUT2D eigenvalue weighted by atomic mass is 10.1. The van der Waals surface area contributed by atoms with Gasteiger partial charge in [-0.05, 0) is 68.5 Å². The normalized spacial score (nSPS) is 18.3. The first kappa shape index (κ1) is 22.3. The summed E-state index contributed by atoms with van der Waals surface area (Å²) >= 11 is 6.01. The minimum Gasteiger partial charge on any atom is -0.325 e. The molecule has 1 amide bonds. The fraction of sp³-hybridized carbons (Fsp3) is 0.435. The number of anilines is 1. The average molecular weight is 462 g/mol. The van der Waals surface area contributed by atoms with E-state index in [-0.39, 0.29) is 23.4 Å². The Balaban J connectivity index is 1.44. The van der Waals surface area contributed by atoms with Crippen LogP contribution in [-0.2, 0) is 14.8 Å². The highest BCUT2D eigenvalue weighted by atomic mass is 35.5. The highest BCUT2D eigenvalue weighted by molar-refractivity contribution is 7.89. The van der Waals surface area contributed by atoms with Gasteiger partial charge in [0, 0.05) is 35.9 Å². The summed E-state index contributed by atoms with van der Waals surface area (Å²) in [5, 5.41) is 3.58. The molecule has 0 radical (unpaired) electrons. The number of hydrogen-bond donors (Lipinski definition) is 1. The van der Waals surface area contributed by atoms with Crippen LogP contribution in [0.25, 0.3) is 0 Å². The van der Waals surface area contributed by atoms with Crippen LogP contribution >= 0.6 is 11.6 Å². The van der Waals surface area contributed by atoms with Gasteiger partial charge < -0.3 is 5.32 Å². The first-order valence-electron chi connectivity index (χ1n) is 10.8. The van der Waals surface area contributed by atoms with Gasteiger partial charge in [-0.2, -0.15) is 4.31 Å². The Bertz CT molecular complexity index is 1030. The first-order valence-corrected chi connectivity index (χ1v) is 12.6. The fourth-order valence-electron chi connectivity index (χ4n) is 4.10. The van der Waals surface area contributed by atoms with Crippen LogP contribution in [-0.4, -0.2) is 49.2 Å². The van der Waals surface area contributed by atoms with Gasteiger partial charge in [-0.1, -0.05) is 29.8 Å². The van der Waals surface area contributed by atoms with Gasteiger partial charge in [-0.3, -0.25) is 9.69 Å². The third-order valence-corrected chi connectivity index (χ3v) is 8.16. The molecule has 1 saturated heterocycles. The Morgan fingerprint density at radius 2 is 1.84 bits per heavy atom. The van der Waals surface area contributed by atoms with Gasteiger partial charge in [0.05, 0.1) is 11.4 Å². The molecule has 166 valence electrons. The van der Waals surface area contributed by atoms with Crippen molar-refractivity contribution in [3.63, 3.8) is 0 Å². The number of halogens is 1. The third kappa shape index (κ3) is 5.29. The van der Waals surface area contributed by atoms with Crippen LogP contribution in [0.4, 0.5) is 5.69 Å². The van der Waals surface area contributed by atoms with Crippen molar-refractivity contribution >= 4 is 33.2 Å². The number of carbonyl (C=O) groups excluding carboxylic acids is 1. The van der Waals surface area contributed by atoms with Crippen molar-refractivity contribution in [2.75, 3.05) is 25.0 Å². The summed E-state index contributed by atoms with van der Waals surface area (Å²) in [6, 6.07) is 14.7. The quantitative estimate of drug-likeness (QED) is 0.636. The predicted molar refractivity (Wildman–Crippen MR) is 123 cm³/mol. The molecule has 2 aliphatic rings. The number of carbonyl (C=O) groups is 1. The monoisotopic (exact) mass is 461 g/mol. The minimum atomic E-state index is -3.52. The van der Waals surface area contributed by atoms with Gasteiger partial charge in [0.1, 0.15) is 0 Å². The van der Waals surface area contributed by atoms with E-state index in [0.717, 1.165) is 31.2 Å². The van der Waals surface area contributed by atoms with Crippen molar-refractivity contribution in [2.45, 2.75) is 49.6 Å². The van der Waals surface area contributed by atoms with Crippen molar-refractivity contribution in [3.8, 4) is 0 Å². The molecule has 4 rings (SSSR count). The number of benzene rings is 2. The number of nitrogens with zero attached hydrogens (tertiary/aromatic N) is 2. The van der Waals surface area contributed by atoms with E-state index >= 15 is 0 Å². The average Bonchev–Trinajstić information content (AvgIpc) is 3.43. The van der Waals surface area contributed by atoms with E-state index in [1.165, 1.54) is 4.31 Å². The van der Waals surface area contributed by atoms with Crippen LogP contribution in [0.2, 0.25) is 5.02 Å². The SMILES string of the molecule is CC(c1ccc(Cl)cc1)N(CC(=O)Nc1cccc(S(=O)(=O)N2CCCC2)c1)C1CC1. The summed E-state index contributed by atoms with van der Waals surface area (Å²) < 4.78 is 27.1. The smallest absolute Gasteiger partial charge is 0.243 e. The van der Waals surface area contributed by atoms with Gasteiger partial charge in [0.25, 0.3) is 0 Å². The van der Waals surface area contributed by atoms with Gasteiger partial charge in [0.15, 0.2) is 0 Å². The van der Waals surface area contributed by atoms with Crippen LogP contribution in [0.3, 0.4) is 0 Å². The van der Waals surface area contributed by atoms with Crippen LogP contribution in [0.5, 0.6) is 0 Å². The third-order valence-electron chi connectivity index (χ3n) is 6.01. The highest BCUT2D eigenvalue weighted by Gasteiger charge is 2.34. The van der Waals surface area contributed by atoms with Gasteiger partial charge in [-0.15, -0.1) is 0 Å². The van der Waals surface area contributed by atoms with Gasteiger partial charge in [0.2, 0.25) is 15.9 Å². The molecular weight excluding hydrogens is 434 g/mol. The summed E-state index contributed by atoms with van der Waals surface area (Å²) in [6.07, 6.45) is 3.93. The zero-order valence-electron chi connectivity index (χ0n) is 17.6. The number of nitrogens with one attached hydrogen (secondary N) is 1. The number of sulfonamides is 1.